The second-order valence-corrected chi connectivity index (χ2v) is 10.1. The van der Waals surface area contributed by atoms with Gasteiger partial charge in [0, 0.05) is 41.0 Å². The van der Waals surface area contributed by atoms with Gasteiger partial charge in [-0.2, -0.15) is 0 Å². The number of benzene rings is 1. The van der Waals surface area contributed by atoms with Crippen molar-refractivity contribution in [3.8, 4) is 11.1 Å². The van der Waals surface area contributed by atoms with Crippen LogP contribution in [0.3, 0.4) is 0 Å². The molecule has 1 saturated carbocycles. The number of pyridine rings is 1. The molecule has 172 valence electrons. The number of carbonyl (C=O) groups excluding carboxylic acids is 1. The van der Waals surface area contributed by atoms with Crippen LogP contribution in [-0.4, -0.2) is 45.1 Å². The van der Waals surface area contributed by atoms with Crippen LogP contribution < -0.4 is 11.1 Å². The zero-order valence-electron chi connectivity index (χ0n) is 18.9. The first kappa shape index (κ1) is 23.0. The van der Waals surface area contributed by atoms with Crippen LogP contribution in [0.1, 0.15) is 68.3 Å². The summed E-state index contributed by atoms with van der Waals surface area (Å²) in [5, 5.41) is 13.8. The minimum absolute atomic E-state index is 0.0293. The predicted octanol–water partition coefficient (Wildman–Crippen LogP) is 4.39. The highest BCUT2D eigenvalue weighted by atomic mass is 35.5. The molecule has 1 aromatic heterocycles. The third-order valence-electron chi connectivity index (χ3n) is 6.98. The third kappa shape index (κ3) is 5.25. The van der Waals surface area contributed by atoms with Crippen molar-refractivity contribution in [2.45, 2.75) is 76.6 Å². The summed E-state index contributed by atoms with van der Waals surface area (Å²) in [7, 11) is 0. The smallest absolute Gasteiger partial charge is 0.255 e. The molecule has 6 nitrogen and oxygen atoms in total. The number of nitrogen functional groups attached to an aromatic ring is 1. The van der Waals surface area contributed by atoms with Gasteiger partial charge in [-0.1, -0.05) is 23.7 Å². The second-order valence-electron chi connectivity index (χ2n) is 9.68. The topological polar surface area (TPSA) is 91.5 Å². The number of amides is 1. The first-order valence-electron chi connectivity index (χ1n) is 11.5. The van der Waals surface area contributed by atoms with Crippen molar-refractivity contribution < 1.29 is 9.90 Å². The summed E-state index contributed by atoms with van der Waals surface area (Å²) in [6.07, 6.45) is 6.98. The summed E-state index contributed by atoms with van der Waals surface area (Å²) in [6, 6.07) is 8.49. The van der Waals surface area contributed by atoms with Crippen LogP contribution in [0.2, 0.25) is 5.02 Å². The molecule has 0 spiro atoms. The van der Waals surface area contributed by atoms with E-state index in [1.165, 1.54) is 18.4 Å². The maximum absolute atomic E-state index is 12.9. The van der Waals surface area contributed by atoms with E-state index in [2.05, 4.69) is 28.2 Å². The first-order chi connectivity index (χ1) is 15.2. The summed E-state index contributed by atoms with van der Waals surface area (Å²) in [6.45, 7) is 6.13. The molecule has 4 N–H and O–H groups in total. The number of aromatic nitrogens is 1. The summed E-state index contributed by atoms with van der Waals surface area (Å²) >= 11 is 6.64. The highest BCUT2D eigenvalue weighted by Gasteiger charge is 2.30. The van der Waals surface area contributed by atoms with Gasteiger partial charge in [0.05, 0.1) is 11.2 Å². The molecule has 1 aromatic carbocycles. The molecular formula is C25H33ClN4O2. The SMILES string of the molecule is C[C@@H]1CCCN1Cc1ccc(-c2cnc(N)c(C(=O)NC3CCC(C)(O)CC3)c2)c(Cl)c1. The zero-order valence-corrected chi connectivity index (χ0v) is 19.7. The van der Waals surface area contributed by atoms with E-state index in [0.29, 0.717) is 29.5 Å². The Labute approximate surface area is 195 Å². The van der Waals surface area contributed by atoms with Crippen LogP contribution in [0.4, 0.5) is 5.82 Å². The van der Waals surface area contributed by atoms with Crippen molar-refractivity contribution in [2.24, 2.45) is 0 Å². The summed E-state index contributed by atoms with van der Waals surface area (Å²) in [4.78, 5) is 19.6. The van der Waals surface area contributed by atoms with E-state index in [1.807, 2.05) is 19.1 Å². The Bertz CT molecular complexity index is 984. The highest BCUT2D eigenvalue weighted by molar-refractivity contribution is 6.33. The Morgan fingerprint density at radius 2 is 2.06 bits per heavy atom. The van der Waals surface area contributed by atoms with Crippen molar-refractivity contribution >= 4 is 23.3 Å². The normalized spacial score (nSPS) is 26.2. The Hall–Kier alpha value is -2.15. The van der Waals surface area contributed by atoms with Crippen molar-refractivity contribution in [3.05, 3.63) is 46.6 Å². The van der Waals surface area contributed by atoms with E-state index in [9.17, 15) is 9.90 Å². The van der Waals surface area contributed by atoms with Crippen LogP contribution in [0, 0.1) is 0 Å². The molecule has 2 aromatic rings. The lowest BCUT2D eigenvalue weighted by Crippen LogP contribution is -2.42. The first-order valence-corrected chi connectivity index (χ1v) is 11.9. The van der Waals surface area contributed by atoms with Gasteiger partial charge in [-0.05, 0) is 76.6 Å². The molecule has 2 heterocycles. The van der Waals surface area contributed by atoms with Crippen molar-refractivity contribution in [2.75, 3.05) is 12.3 Å². The van der Waals surface area contributed by atoms with E-state index >= 15 is 0 Å². The van der Waals surface area contributed by atoms with Gasteiger partial charge in [-0.25, -0.2) is 4.98 Å². The van der Waals surface area contributed by atoms with Gasteiger partial charge < -0.3 is 16.2 Å². The Morgan fingerprint density at radius 3 is 2.72 bits per heavy atom. The van der Waals surface area contributed by atoms with E-state index in [-0.39, 0.29) is 17.8 Å². The molecule has 1 amide bonds. The van der Waals surface area contributed by atoms with Gasteiger partial charge >= 0.3 is 0 Å². The molecule has 1 atom stereocenters. The number of hydrogen-bond acceptors (Lipinski definition) is 5. The van der Waals surface area contributed by atoms with Crippen molar-refractivity contribution in [1.82, 2.24) is 15.2 Å². The Morgan fingerprint density at radius 1 is 1.31 bits per heavy atom. The summed E-state index contributed by atoms with van der Waals surface area (Å²) < 4.78 is 0. The highest BCUT2D eigenvalue weighted by Crippen LogP contribution is 2.32. The minimum atomic E-state index is -0.641. The molecule has 2 fully saturated rings. The molecule has 1 aliphatic carbocycles. The van der Waals surface area contributed by atoms with Gasteiger partial charge in [-0.15, -0.1) is 0 Å². The number of aliphatic hydroxyl groups is 1. The fraction of sp³-hybridized carbons (Fsp3) is 0.520. The minimum Gasteiger partial charge on any atom is -0.390 e. The number of hydrogen-bond donors (Lipinski definition) is 3. The molecule has 0 radical (unpaired) electrons. The van der Waals surface area contributed by atoms with E-state index in [4.69, 9.17) is 17.3 Å². The van der Waals surface area contributed by atoms with E-state index in [1.54, 1.807) is 12.3 Å². The fourth-order valence-electron chi connectivity index (χ4n) is 4.80. The quantitative estimate of drug-likeness (QED) is 0.620. The molecule has 7 heteroatoms. The van der Waals surface area contributed by atoms with E-state index in [0.717, 1.165) is 37.1 Å². The monoisotopic (exact) mass is 456 g/mol. The number of rotatable bonds is 5. The van der Waals surface area contributed by atoms with Crippen LogP contribution >= 0.6 is 11.6 Å². The number of nitrogens with one attached hydrogen (secondary N) is 1. The Balaban J connectivity index is 1.49. The molecular weight excluding hydrogens is 424 g/mol. The number of nitrogens with two attached hydrogens (primary N) is 1. The molecule has 2 aliphatic rings. The maximum atomic E-state index is 12.9. The number of likely N-dealkylation sites (tertiary alicyclic amines) is 1. The van der Waals surface area contributed by atoms with Crippen molar-refractivity contribution in [1.29, 1.82) is 0 Å². The summed E-state index contributed by atoms with van der Waals surface area (Å²) in [5.74, 6) is -0.0380. The van der Waals surface area contributed by atoms with Crippen LogP contribution in [-0.2, 0) is 6.54 Å². The number of carbonyl (C=O) groups is 1. The molecule has 1 saturated heterocycles. The molecule has 32 heavy (non-hydrogen) atoms. The van der Waals surface area contributed by atoms with Gasteiger partial charge in [0.2, 0.25) is 0 Å². The average Bonchev–Trinajstić information content (AvgIpc) is 3.14. The zero-order chi connectivity index (χ0) is 22.9. The maximum Gasteiger partial charge on any atom is 0.255 e. The van der Waals surface area contributed by atoms with Gasteiger partial charge in [0.15, 0.2) is 0 Å². The van der Waals surface area contributed by atoms with Crippen LogP contribution in [0.5, 0.6) is 0 Å². The predicted molar refractivity (Wildman–Crippen MR) is 129 cm³/mol. The number of anilines is 1. The molecule has 0 bridgehead atoms. The summed E-state index contributed by atoms with van der Waals surface area (Å²) in [5.41, 5.74) is 8.53. The molecule has 0 unspecified atom stereocenters. The standard InChI is InChI=1S/C25H33ClN4O2/c1-16-4-3-11-30(16)15-17-5-6-20(22(26)12-17)18-13-21(23(27)28-14-18)24(31)29-19-7-9-25(2,32)10-8-19/h5-6,12-14,16,19,32H,3-4,7-11,15H2,1-2H3,(H2,27,28)(H,29,31)/t16-,19?,25?/m1/s1. The second kappa shape index (κ2) is 9.38. The fourth-order valence-corrected chi connectivity index (χ4v) is 5.12. The van der Waals surface area contributed by atoms with Gasteiger partial charge in [0.25, 0.3) is 5.91 Å². The van der Waals surface area contributed by atoms with Crippen LogP contribution in [0.15, 0.2) is 30.5 Å². The molecule has 4 rings (SSSR count). The van der Waals surface area contributed by atoms with E-state index < -0.39 is 5.60 Å². The number of halogens is 1. The number of nitrogens with zero attached hydrogens (tertiary/aromatic N) is 2. The lowest BCUT2D eigenvalue weighted by Gasteiger charge is -2.33. The lowest BCUT2D eigenvalue weighted by atomic mass is 9.83. The molecule has 1 aliphatic heterocycles. The largest absolute Gasteiger partial charge is 0.390 e. The van der Waals surface area contributed by atoms with Crippen molar-refractivity contribution in [3.63, 3.8) is 0 Å². The lowest BCUT2D eigenvalue weighted by molar-refractivity contribution is 0.0140. The Kier molecular flexibility index (Phi) is 6.75. The van der Waals surface area contributed by atoms with Crippen LogP contribution in [0.25, 0.3) is 11.1 Å². The average molecular weight is 457 g/mol. The van der Waals surface area contributed by atoms with Gasteiger partial charge in [-0.3, -0.25) is 9.69 Å². The third-order valence-corrected chi connectivity index (χ3v) is 7.29. The van der Waals surface area contributed by atoms with Gasteiger partial charge in [0.1, 0.15) is 5.82 Å².